The first kappa shape index (κ1) is 18.3. The highest BCUT2D eigenvalue weighted by molar-refractivity contribution is 6.36. The lowest BCUT2D eigenvalue weighted by molar-refractivity contribution is 0.133. The van der Waals surface area contributed by atoms with E-state index in [0.717, 1.165) is 24.8 Å². The second-order valence-corrected chi connectivity index (χ2v) is 6.61. The van der Waals surface area contributed by atoms with Crippen LogP contribution in [-0.4, -0.2) is 30.4 Å². The molecule has 0 aliphatic heterocycles. The van der Waals surface area contributed by atoms with Crippen LogP contribution in [0.15, 0.2) is 24.3 Å². The summed E-state index contributed by atoms with van der Waals surface area (Å²) in [6.07, 6.45) is 7.95. The standard InChI is InChI=1S/C16H26FO3Si/c1-18-21(19-2)20-13-8-6-4-3-5-7-10-15-11-9-12-16(17)14-15/h9,11-12,14H,3-8,10,13H2,1-2H3. The van der Waals surface area contributed by atoms with Crippen LogP contribution in [0.5, 0.6) is 0 Å². The molecule has 0 heterocycles. The molecular formula is C16H26FO3Si. The first-order valence-corrected chi connectivity index (χ1v) is 8.81. The summed E-state index contributed by atoms with van der Waals surface area (Å²) in [5.41, 5.74) is 1.09. The first-order valence-electron chi connectivity index (χ1n) is 7.58. The Bertz CT molecular complexity index is 372. The number of benzene rings is 1. The number of hydrogen-bond donors (Lipinski definition) is 0. The SMILES string of the molecule is CO[Si](OC)OCCCCCCCCc1cccc(F)c1. The van der Waals surface area contributed by atoms with Gasteiger partial charge in [-0.15, -0.1) is 0 Å². The second-order valence-electron chi connectivity index (χ2n) is 5.01. The lowest BCUT2D eigenvalue weighted by Gasteiger charge is -2.09. The van der Waals surface area contributed by atoms with Crippen molar-refractivity contribution in [3.8, 4) is 0 Å². The molecule has 0 unspecified atom stereocenters. The lowest BCUT2D eigenvalue weighted by atomic mass is 10.0. The predicted octanol–water partition coefficient (Wildman–Crippen LogP) is 4.00. The molecule has 0 N–H and O–H groups in total. The molecule has 21 heavy (non-hydrogen) atoms. The molecule has 0 saturated heterocycles. The number of rotatable bonds is 12. The molecule has 0 amide bonds. The molecule has 1 rings (SSSR count). The fraction of sp³-hybridized carbons (Fsp3) is 0.625. The van der Waals surface area contributed by atoms with Gasteiger partial charge in [-0.3, -0.25) is 0 Å². The van der Waals surface area contributed by atoms with Crippen molar-refractivity contribution in [2.75, 3.05) is 20.8 Å². The molecule has 3 nitrogen and oxygen atoms in total. The van der Waals surface area contributed by atoms with Gasteiger partial charge in [-0.05, 0) is 37.0 Å². The molecule has 0 spiro atoms. The van der Waals surface area contributed by atoms with E-state index in [1.54, 1.807) is 26.4 Å². The highest BCUT2D eigenvalue weighted by atomic mass is 28.3. The molecule has 119 valence electrons. The van der Waals surface area contributed by atoms with Crippen LogP contribution in [0.4, 0.5) is 4.39 Å². The van der Waals surface area contributed by atoms with Crippen LogP contribution in [0.3, 0.4) is 0 Å². The van der Waals surface area contributed by atoms with Crippen molar-refractivity contribution in [3.05, 3.63) is 35.6 Å². The van der Waals surface area contributed by atoms with Crippen LogP contribution in [0, 0.1) is 5.82 Å². The minimum absolute atomic E-state index is 0.138. The Balaban J connectivity index is 1.91. The van der Waals surface area contributed by atoms with Gasteiger partial charge in [0.15, 0.2) is 0 Å². The van der Waals surface area contributed by atoms with Crippen LogP contribution in [0.2, 0.25) is 0 Å². The lowest BCUT2D eigenvalue weighted by Crippen LogP contribution is -2.24. The van der Waals surface area contributed by atoms with Crippen LogP contribution >= 0.6 is 0 Å². The van der Waals surface area contributed by atoms with E-state index in [4.69, 9.17) is 13.3 Å². The molecule has 0 bridgehead atoms. The zero-order valence-corrected chi connectivity index (χ0v) is 14.1. The van der Waals surface area contributed by atoms with Crippen molar-refractivity contribution in [1.82, 2.24) is 0 Å². The fourth-order valence-corrected chi connectivity index (χ4v) is 2.90. The summed E-state index contributed by atoms with van der Waals surface area (Å²) in [4.78, 5) is 0. The maximum atomic E-state index is 13.0. The topological polar surface area (TPSA) is 27.7 Å². The van der Waals surface area contributed by atoms with E-state index in [1.165, 1.54) is 31.7 Å². The summed E-state index contributed by atoms with van der Waals surface area (Å²) < 4.78 is 28.5. The van der Waals surface area contributed by atoms with Crippen molar-refractivity contribution in [3.63, 3.8) is 0 Å². The van der Waals surface area contributed by atoms with Crippen molar-refractivity contribution in [2.45, 2.75) is 44.9 Å². The average molecular weight is 313 g/mol. The third kappa shape index (κ3) is 8.98. The minimum Gasteiger partial charge on any atom is -0.375 e. The van der Waals surface area contributed by atoms with Gasteiger partial charge in [-0.25, -0.2) is 4.39 Å². The van der Waals surface area contributed by atoms with Gasteiger partial charge in [0.25, 0.3) is 0 Å². The number of unbranched alkanes of at least 4 members (excludes halogenated alkanes) is 5. The van der Waals surface area contributed by atoms with E-state index < -0.39 is 9.53 Å². The Kier molecular flexibility index (Phi) is 10.3. The zero-order chi connectivity index (χ0) is 15.3. The molecule has 1 radical (unpaired) electrons. The fourth-order valence-electron chi connectivity index (χ4n) is 2.19. The molecule has 0 aliphatic rings. The summed E-state index contributed by atoms with van der Waals surface area (Å²) in [6.45, 7) is 0.708. The van der Waals surface area contributed by atoms with Crippen LogP contribution in [0.1, 0.15) is 44.1 Å². The second kappa shape index (κ2) is 11.9. The molecule has 0 atom stereocenters. The Morgan fingerprint density at radius 1 is 0.952 bits per heavy atom. The Morgan fingerprint density at radius 3 is 2.29 bits per heavy atom. The van der Waals surface area contributed by atoms with Crippen LogP contribution in [0.25, 0.3) is 0 Å². The smallest absolute Gasteiger partial charge is 0.375 e. The summed E-state index contributed by atoms with van der Waals surface area (Å²) in [6, 6.07) is 6.89. The van der Waals surface area contributed by atoms with Crippen molar-refractivity contribution >= 4 is 9.53 Å². The molecular weight excluding hydrogens is 287 g/mol. The van der Waals surface area contributed by atoms with E-state index in [-0.39, 0.29) is 5.82 Å². The van der Waals surface area contributed by atoms with Gasteiger partial charge in [0, 0.05) is 20.8 Å². The molecule has 0 aromatic heterocycles. The molecule has 5 heteroatoms. The average Bonchev–Trinajstić information content (AvgIpc) is 2.49. The summed E-state index contributed by atoms with van der Waals surface area (Å²) in [5, 5.41) is 0. The van der Waals surface area contributed by atoms with E-state index in [9.17, 15) is 4.39 Å². The highest BCUT2D eigenvalue weighted by Gasteiger charge is 2.13. The molecule has 0 fully saturated rings. The van der Waals surface area contributed by atoms with Gasteiger partial charge in [-0.1, -0.05) is 37.8 Å². The van der Waals surface area contributed by atoms with Crippen molar-refractivity contribution in [1.29, 1.82) is 0 Å². The molecule has 0 aliphatic carbocycles. The Labute approximate surface area is 129 Å². The van der Waals surface area contributed by atoms with Gasteiger partial charge in [0.1, 0.15) is 5.82 Å². The van der Waals surface area contributed by atoms with Crippen molar-refractivity contribution in [2.24, 2.45) is 0 Å². The maximum absolute atomic E-state index is 13.0. The number of halogens is 1. The van der Waals surface area contributed by atoms with Crippen molar-refractivity contribution < 1.29 is 17.7 Å². The van der Waals surface area contributed by atoms with Gasteiger partial charge >= 0.3 is 9.53 Å². The summed E-state index contributed by atoms with van der Waals surface area (Å²) in [7, 11) is 1.73. The van der Waals surface area contributed by atoms with E-state index in [0.29, 0.717) is 6.61 Å². The summed E-state index contributed by atoms with van der Waals surface area (Å²) in [5.74, 6) is -0.138. The van der Waals surface area contributed by atoms with Crippen LogP contribution in [-0.2, 0) is 19.7 Å². The van der Waals surface area contributed by atoms with Gasteiger partial charge < -0.3 is 13.3 Å². The van der Waals surface area contributed by atoms with Gasteiger partial charge in [-0.2, -0.15) is 0 Å². The monoisotopic (exact) mass is 313 g/mol. The van der Waals surface area contributed by atoms with E-state index in [1.807, 2.05) is 6.07 Å². The number of aryl methyl sites for hydroxylation is 1. The third-order valence-electron chi connectivity index (χ3n) is 3.30. The highest BCUT2D eigenvalue weighted by Crippen LogP contribution is 2.11. The number of hydrogen-bond acceptors (Lipinski definition) is 3. The van der Waals surface area contributed by atoms with Gasteiger partial charge in [0.2, 0.25) is 0 Å². The van der Waals surface area contributed by atoms with E-state index >= 15 is 0 Å². The summed E-state index contributed by atoms with van der Waals surface area (Å²) >= 11 is 0. The Morgan fingerprint density at radius 2 is 1.62 bits per heavy atom. The van der Waals surface area contributed by atoms with Gasteiger partial charge in [0.05, 0.1) is 0 Å². The molecule has 1 aromatic rings. The minimum atomic E-state index is -1.49. The largest absolute Gasteiger partial charge is 0.577 e. The first-order chi connectivity index (χ1) is 10.3. The Hall–Kier alpha value is -0.753. The quantitative estimate of drug-likeness (QED) is 0.431. The molecule has 1 aromatic carbocycles. The predicted molar refractivity (Wildman–Crippen MR) is 83.5 cm³/mol. The maximum Gasteiger partial charge on any atom is 0.577 e. The van der Waals surface area contributed by atoms with Crippen LogP contribution < -0.4 is 0 Å². The zero-order valence-electron chi connectivity index (χ0n) is 13.1. The third-order valence-corrected chi connectivity index (χ3v) is 4.41. The molecule has 0 saturated carbocycles. The van der Waals surface area contributed by atoms with E-state index in [2.05, 4.69) is 0 Å². The normalized spacial score (nSPS) is 11.2.